The van der Waals surface area contributed by atoms with Crippen molar-refractivity contribution in [3.05, 3.63) is 46.5 Å². The predicted octanol–water partition coefficient (Wildman–Crippen LogP) is 3.56. The lowest BCUT2D eigenvalue weighted by Gasteiger charge is -2.43. The van der Waals surface area contributed by atoms with E-state index in [1.165, 1.54) is 11.8 Å². The van der Waals surface area contributed by atoms with Crippen LogP contribution in [-0.2, 0) is 4.79 Å². The SMILES string of the molecule is N#CC1=C(SCC(=O)c2ccccc2)NC(=O)C(C#N)C12CCCCC2. The Bertz CT molecular complexity index is 827. The van der Waals surface area contributed by atoms with E-state index in [-0.39, 0.29) is 17.4 Å². The number of allylic oxidation sites excluding steroid dienone is 1. The molecule has 1 aromatic carbocycles. The number of ketones is 1. The molecule has 1 fully saturated rings. The maximum absolute atomic E-state index is 12.5. The third-order valence-corrected chi connectivity index (χ3v) is 6.21. The van der Waals surface area contributed by atoms with Crippen molar-refractivity contribution >= 4 is 23.5 Å². The van der Waals surface area contributed by atoms with E-state index in [0.29, 0.717) is 29.0 Å². The number of thioether (sulfide) groups is 1. The fourth-order valence-electron chi connectivity index (χ4n) is 3.89. The van der Waals surface area contributed by atoms with Gasteiger partial charge in [0.15, 0.2) is 5.78 Å². The van der Waals surface area contributed by atoms with Crippen molar-refractivity contribution in [1.82, 2.24) is 5.32 Å². The van der Waals surface area contributed by atoms with E-state index in [2.05, 4.69) is 17.5 Å². The maximum Gasteiger partial charge on any atom is 0.243 e. The molecule has 26 heavy (non-hydrogen) atoms. The number of carbonyl (C=O) groups is 2. The number of carbonyl (C=O) groups excluding carboxylic acids is 2. The lowest BCUT2D eigenvalue weighted by molar-refractivity contribution is -0.126. The fourth-order valence-corrected chi connectivity index (χ4v) is 4.90. The Kier molecular flexibility index (Phi) is 5.44. The van der Waals surface area contributed by atoms with Gasteiger partial charge >= 0.3 is 0 Å². The van der Waals surface area contributed by atoms with Crippen molar-refractivity contribution < 1.29 is 9.59 Å². The summed E-state index contributed by atoms with van der Waals surface area (Å²) in [6.45, 7) is 0. The van der Waals surface area contributed by atoms with Gasteiger partial charge in [-0.15, -0.1) is 0 Å². The molecule has 3 rings (SSSR count). The van der Waals surface area contributed by atoms with Crippen molar-refractivity contribution in [3.8, 4) is 12.1 Å². The molecule has 1 amide bonds. The highest BCUT2D eigenvalue weighted by Gasteiger charge is 2.51. The minimum atomic E-state index is -0.841. The van der Waals surface area contributed by atoms with Gasteiger partial charge in [0.2, 0.25) is 5.91 Å². The van der Waals surface area contributed by atoms with E-state index in [1.807, 2.05) is 6.07 Å². The van der Waals surface area contributed by atoms with Gasteiger partial charge in [0.05, 0.1) is 28.5 Å². The molecule has 5 nitrogen and oxygen atoms in total. The zero-order chi connectivity index (χ0) is 18.6. The predicted molar refractivity (Wildman–Crippen MR) is 98.6 cm³/mol. The summed E-state index contributed by atoms with van der Waals surface area (Å²) < 4.78 is 0. The largest absolute Gasteiger partial charge is 0.319 e. The van der Waals surface area contributed by atoms with Gasteiger partial charge in [-0.1, -0.05) is 61.4 Å². The third kappa shape index (κ3) is 3.25. The molecule has 0 radical (unpaired) electrons. The summed E-state index contributed by atoms with van der Waals surface area (Å²) in [4.78, 5) is 24.9. The second-order valence-corrected chi connectivity index (χ2v) is 7.65. The Morgan fingerprint density at radius 2 is 1.88 bits per heavy atom. The Balaban J connectivity index is 1.89. The van der Waals surface area contributed by atoms with E-state index in [1.54, 1.807) is 24.3 Å². The molecule has 1 aliphatic heterocycles. The second kappa shape index (κ2) is 7.76. The standard InChI is InChI=1S/C20H19N3O2S/c21-11-15-18(25)23-19(16(12-22)20(15)9-5-2-6-10-20)26-13-17(24)14-7-3-1-4-8-14/h1,3-4,7-8,15H,2,5-6,9-10,13H2,(H,23,25). The first-order valence-corrected chi connectivity index (χ1v) is 9.67. The third-order valence-electron chi connectivity index (χ3n) is 5.21. The molecule has 1 N–H and O–H groups in total. The van der Waals surface area contributed by atoms with Crippen LogP contribution in [-0.4, -0.2) is 17.4 Å². The number of hydrogen-bond acceptors (Lipinski definition) is 5. The summed E-state index contributed by atoms with van der Waals surface area (Å²) in [6.07, 6.45) is 4.18. The molecule has 1 heterocycles. The highest BCUT2D eigenvalue weighted by molar-refractivity contribution is 8.03. The van der Waals surface area contributed by atoms with Crippen molar-refractivity contribution in [2.24, 2.45) is 11.3 Å². The van der Waals surface area contributed by atoms with Gasteiger partial charge in [-0.25, -0.2) is 0 Å². The first-order valence-electron chi connectivity index (χ1n) is 8.69. The lowest BCUT2D eigenvalue weighted by atomic mass is 9.61. The molecular formula is C20H19N3O2S. The molecule has 0 bridgehead atoms. The Morgan fingerprint density at radius 1 is 1.19 bits per heavy atom. The lowest BCUT2D eigenvalue weighted by Crippen LogP contribution is -2.48. The number of nitriles is 2. The Morgan fingerprint density at radius 3 is 2.50 bits per heavy atom. The first-order chi connectivity index (χ1) is 12.6. The molecule has 6 heteroatoms. The number of nitrogens with zero attached hydrogens (tertiary/aromatic N) is 2. The minimum absolute atomic E-state index is 0.0604. The van der Waals surface area contributed by atoms with Crippen LogP contribution in [0.3, 0.4) is 0 Å². The van der Waals surface area contributed by atoms with Gasteiger partial charge in [0.25, 0.3) is 0 Å². The zero-order valence-electron chi connectivity index (χ0n) is 14.3. The monoisotopic (exact) mass is 365 g/mol. The summed E-state index contributed by atoms with van der Waals surface area (Å²) in [7, 11) is 0. The van der Waals surface area contributed by atoms with Crippen molar-refractivity contribution in [1.29, 1.82) is 10.5 Å². The topological polar surface area (TPSA) is 93.8 Å². The summed E-state index contributed by atoms with van der Waals surface area (Å²) in [6, 6.07) is 13.3. The normalized spacial score (nSPS) is 21.6. The van der Waals surface area contributed by atoms with Crippen LogP contribution < -0.4 is 5.32 Å². The molecule has 1 atom stereocenters. The average Bonchev–Trinajstić information content (AvgIpc) is 2.67. The van der Waals surface area contributed by atoms with Crippen LogP contribution in [0.15, 0.2) is 40.9 Å². The fraction of sp³-hybridized carbons (Fsp3) is 0.400. The van der Waals surface area contributed by atoms with Crippen molar-refractivity contribution in [2.45, 2.75) is 32.1 Å². The minimum Gasteiger partial charge on any atom is -0.319 e. The molecule has 0 saturated heterocycles. The molecule has 1 aromatic rings. The molecule has 132 valence electrons. The maximum atomic E-state index is 12.5. The number of benzene rings is 1. The summed E-state index contributed by atoms with van der Waals surface area (Å²) >= 11 is 1.18. The van der Waals surface area contributed by atoms with Crippen LogP contribution in [0.5, 0.6) is 0 Å². The summed E-state index contributed by atoms with van der Waals surface area (Å²) in [5.41, 5.74) is 0.361. The van der Waals surface area contributed by atoms with E-state index in [0.717, 1.165) is 19.3 Å². The molecule has 0 aromatic heterocycles. The summed E-state index contributed by atoms with van der Waals surface area (Å²) in [5.74, 6) is -1.12. The average molecular weight is 365 g/mol. The van der Waals surface area contributed by atoms with Crippen LogP contribution >= 0.6 is 11.8 Å². The quantitative estimate of drug-likeness (QED) is 0.824. The van der Waals surface area contributed by atoms with Gasteiger partial charge < -0.3 is 5.32 Å². The van der Waals surface area contributed by atoms with E-state index < -0.39 is 11.3 Å². The van der Waals surface area contributed by atoms with Crippen molar-refractivity contribution in [2.75, 3.05) is 5.75 Å². The van der Waals surface area contributed by atoms with E-state index in [4.69, 9.17) is 0 Å². The van der Waals surface area contributed by atoms with Crippen LogP contribution in [0.25, 0.3) is 0 Å². The molecule has 1 aliphatic carbocycles. The van der Waals surface area contributed by atoms with Crippen LogP contribution in [0.2, 0.25) is 0 Å². The van der Waals surface area contributed by atoms with Gasteiger partial charge in [0.1, 0.15) is 5.92 Å². The van der Waals surface area contributed by atoms with Gasteiger partial charge in [0, 0.05) is 11.0 Å². The van der Waals surface area contributed by atoms with Gasteiger partial charge in [-0.3, -0.25) is 9.59 Å². The molecule has 1 unspecified atom stereocenters. The van der Waals surface area contributed by atoms with E-state index in [9.17, 15) is 20.1 Å². The number of amides is 1. The summed E-state index contributed by atoms with van der Waals surface area (Å²) in [5, 5.41) is 22.5. The van der Waals surface area contributed by atoms with Gasteiger partial charge in [-0.2, -0.15) is 10.5 Å². The Hall–Kier alpha value is -2.57. The zero-order valence-corrected chi connectivity index (χ0v) is 15.1. The molecule has 1 spiro atoms. The molecule has 2 aliphatic rings. The number of nitrogens with one attached hydrogen (secondary N) is 1. The van der Waals surface area contributed by atoms with Crippen LogP contribution in [0.1, 0.15) is 42.5 Å². The number of Topliss-reactive ketones (excluding diaryl/α,β-unsaturated/α-hetero) is 1. The van der Waals surface area contributed by atoms with Crippen molar-refractivity contribution in [3.63, 3.8) is 0 Å². The van der Waals surface area contributed by atoms with Crippen LogP contribution in [0, 0.1) is 34.0 Å². The number of hydrogen-bond donors (Lipinski definition) is 1. The first kappa shape index (κ1) is 18.2. The number of rotatable bonds is 4. The molecule has 1 saturated carbocycles. The smallest absolute Gasteiger partial charge is 0.243 e. The second-order valence-electron chi connectivity index (χ2n) is 6.66. The van der Waals surface area contributed by atoms with E-state index >= 15 is 0 Å². The Labute approximate surface area is 157 Å². The highest BCUT2D eigenvalue weighted by atomic mass is 32.2. The van der Waals surface area contributed by atoms with Crippen LogP contribution in [0.4, 0.5) is 0 Å². The van der Waals surface area contributed by atoms with Gasteiger partial charge in [-0.05, 0) is 12.8 Å². The highest BCUT2D eigenvalue weighted by Crippen LogP contribution is 2.51. The molecular weight excluding hydrogens is 346 g/mol.